The maximum Gasteiger partial charge on any atom is 0.123 e. The molecule has 0 radical (unpaired) electrons. The van der Waals surface area contributed by atoms with E-state index in [1.165, 1.54) is 11.1 Å². The van der Waals surface area contributed by atoms with Crippen molar-refractivity contribution in [2.75, 3.05) is 13.7 Å². The molecule has 0 saturated heterocycles. The maximum atomic E-state index is 5.45. The molecule has 0 bridgehead atoms. The number of hydrogen-bond donors (Lipinski definition) is 1. The van der Waals surface area contributed by atoms with Crippen LogP contribution in [-0.4, -0.2) is 13.7 Å². The minimum atomic E-state index is 0.229. The molecule has 21 heavy (non-hydrogen) atoms. The number of nitrogens with one attached hydrogen (secondary N) is 1. The molecule has 0 amide bonds. The maximum absolute atomic E-state index is 5.45. The van der Waals surface area contributed by atoms with Gasteiger partial charge >= 0.3 is 0 Å². The molecule has 1 atom stereocenters. The van der Waals surface area contributed by atoms with E-state index in [2.05, 4.69) is 30.4 Å². The SMILES string of the molecule is CCOc1ccc(CN[C@H](C)c2ccccc2OC)cc1. The average molecular weight is 285 g/mol. The van der Waals surface area contributed by atoms with Gasteiger partial charge in [-0.1, -0.05) is 30.3 Å². The van der Waals surface area contributed by atoms with E-state index in [0.29, 0.717) is 6.61 Å². The minimum absolute atomic E-state index is 0.229. The molecular formula is C18H23NO2. The number of methoxy groups -OCH3 is 1. The number of hydrogen-bond acceptors (Lipinski definition) is 3. The Morgan fingerprint density at radius 3 is 2.43 bits per heavy atom. The van der Waals surface area contributed by atoms with Gasteiger partial charge in [0.15, 0.2) is 0 Å². The van der Waals surface area contributed by atoms with E-state index in [1.807, 2.05) is 37.3 Å². The van der Waals surface area contributed by atoms with Crippen molar-refractivity contribution < 1.29 is 9.47 Å². The van der Waals surface area contributed by atoms with Gasteiger partial charge in [-0.3, -0.25) is 0 Å². The first kappa shape index (κ1) is 15.4. The third kappa shape index (κ3) is 4.23. The molecule has 1 N–H and O–H groups in total. The van der Waals surface area contributed by atoms with E-state index >= 15 is 0 Å². The highest BCUT2D eigenvalue weighted by atomic mass is 16.5. The summed E-state index contributed by atoms with van der Waals surface area (Å²) in [5.41, 5.74) is 2.41. The van der Waals surface area contributed by atoms with Gasteiger partial charge in [-0.25, -0.2) is 0 Å². The van der Waals surface area contributed by atoms with Gasteiger partial charge in [0.1, 0.15) is 11.5 Å². The second-order valence-corrected chi connectivity index (χ2v) is 4.92. The van der Waals surface area contributed by atoms with Crippen molar-refractivity contribution in [2.45, 2.75) is 26.4 Å². The number of rotatable bonds is 7. The summed E-state index contributed by atoms with van der Waals surface area (Å²) in [6, 6.07) is 16.5. The predicted molar refractivity (Wildman–Crippen MR) is 85.9 cm³/mol. The van der Waals surface area contributed by atoms with Gasteiger partial charge in [0.2, 0.25) is 0 Å². The number of benzene rings is 2. The monoisotopic (exact) mass is 285 g/mol. The first-order chi connectivity index (χ1) is 10.2. The van der Waals surface area contributed by atoms with Gasteiger partial charge in [-0.05, 0) is 37.6 Å². The van der Waals surface area contributed by atoms with E-state index in [4.69, 9.17) is 9.47 Å². The third-order valence-corrected chi connectivity index (χ3v) is 3.45. The quantitative estimate of drug-likeness (QED) is 0.835. The summed E-state index contributed by atoms with van der Waals surface area (Å²) < 4.78 is 10.9. The fourth-order valence-electron chi connectivity index (χ4n) is 2.28. The lowest BCUT2D eigenvalue weighted by atomic mass is 10.1. The van der Waals surface area contributed by atoms with Gasteiger partial charge in [0.25, 0.3) is 0 Å². The lowest BCUT2D eigenvalue weighted by molar-refractivity contribution is 0.340. The minimum Gasteiger partial charge on any atom is -0.496 e. The zero-order chi connectivity index (χ0) is 15.1. The Balaban J connectivity index is 1.95. The Morgan fingerprint density at radius 1 is 1.05 bits per heavy atom. The standard InChI is InChI=1S/C18H23NO2/c1-4-21-16-11-9-15(10-12-16)13-19-14(2)17-7-5-6-8-18(17)20-3/h5-12,14,19H,4,13H2,1-3H3/t14-/m1/s1. The van der Waals surface area contributed by atoms with E-state index in [1.54, 1.807) is 7.11 Å². The van der Waals surface area contributed by atoms with Crippen LogP contribution in [0.5, 0.6) is 11.5 Å². The highest BCUT2D eigenvalue weighted by Gasteiger charge is 2.09. The smallest absolute Gasteiger partial charge is 0.123 e. The lowest BCUT2D eigenvalue weighted by Gasteiger charge is -2.17. The molecule has 0 aliphatic heterocycles. The van der Waals surface area contributed by atoms with Crippen LogP contribution in [0.4, 0.5) is 0 Å². The van der Waals surface area contributed by atoms with Crippen molar-refractivity contribution in [3.8, 4) is 11.5 Å². The fourth-order valence-corrected chi connectivity index (χ4v) is 2.28. The molecule has 3 nitrogen and oxygen atoms in total. The van der Waals surface area contributed by atoms with Crippen LogP contribution in [-0.2, 0) is 6.54 Å². The lowest BCUT2D eigenvalue weighted by Crippen LogP contribution is -2.18. The highest BCUT2D eigenvalue weighted by Crippen LogP contribution is 2.24. The predicted octanol–water partition coefficient (Wildman–Crippen LogP) is 3.94. The first-order valence-electron chi connectivity index (χ1n) is 7.32. The van der Waals surface area contributed by atoms with Crippen LogP contribution in [0.15, 0.2) is 48.5 Å². The Kier molecular flexibility index (Phi) is 5.64. The normalized spacial score (nSPS) is 12.0. The Labute approximate surface area is 126 Å². The Morgan fingerprint density at radius 2 is 1.76 bits per heavy atom. The highest BCUT2D eigenvalue weighted by molar-refractivity contribution is 5.35. The number of ether oxygens (including phenoxy) is 2. The molecule has 0 unspecified atom stereocenters. The van der Waals surface area contributed by atoms with Gasteiger partial charge in [-0.15, -0.1) is 0 Å². The molecule has 2 aromatic rings. The Hall–Kier alpha value is -2.00. The van der Waals surface area contributed by atoms with Crippen LogP contribution in [0.1, 0.15) is 31.0 Å². The largest absolute Gasteiger partial charge is 0.496 e. The molecule has 0 aromatic heterocycles. The van der Waals surface area contributed by atoms with Gasteiger partial charge in [0.05, 0.1) is 13.7 Å². The van der Waals surface area contributed by atoms with Crippen molar-refractivity contribution in [1.82, 2.24) is 5.32 Å². The van der Waals surface area contributed by atoms with Crippen LogP contribution in [0.2, 0.25) is 0 Å². The molecule has 3 heteroatoms. The van der Waals surface area contributed by atoms with E-state index in [9.17, 15) is 0 Å². The van der Waals surface area contributed by atoms with Crippen molar-refractivity contribution in [3.63, 3.8) is 0 Å². The number of para-hydroxylation sites is 1. The van der Waals surface area contributed by atoms with E-state index in [0.717, 1.165) is 18.0 Å². The zero-order valence-electron chi connectivity index (χ0n) is 12.9. The van der Waals surface area contributed by atoms with E-state index in [-0.39, 0.29) is 6.04 Å². The van der Waals surface area contributed by atoms with Gasteiger partial charge in [-0.2, -0.15) is 0 Å². The summed E-state index contributed by atoms with van der Waals surface area (Å²) in [7, 11) is 1.71. The van der Waals surface area contributed by atoms with Crippen LogP contribution in [0.25, 0.3) is 0 Å². The third-order valence-electron chi connectivity index (χ3n) is 3.45. The van der Waals surface area contributed by atoms with Crippen LogP contribution >= 0.6 is 0 Å². The summed E-state index contributed by atoms with van der Waals surface area (Å²) in [6.07, 6.45) is 0. The topological polar surface area (TPSA) is 30.5 Å². The molecule has 2 aromatic carbocycles. The second-order valence-electron chi connectivity index (χ2n) is 4.92. The van der Waals surface area contributed by atoms with Crippen molar-refractivity contribution in [3.05, 3.63) is 59.7 Å². The summed E-state index contributed by atoms with van der Waals surface area (Å²) in [4.78, 5) is 0. The molecule has 0 saturated carbocycles. The average Bonchev–Trinajstić information content (AvgIpc) is 2.54. The molecule has 0 aliphatic carbocycles. The summed E-state index contributed by atoms with van der Waals surface area (Å²) >= 11 is 0. The first-order valence-corrected chi connectivity index (χ1v) is 7.32. The van der Waals surface area contributed by atoms with Gasteiger partial charge in [0, 0.05) is 18.2 Å². The summed E-state index contributed by atoms with van der Waals surface area (Å²) in [5.74, 6) is 1.84. The Bertz CT molecular complexity index is 551. The molecule has 0 spiro atoms. The van der Waals surface area contributed by atoms with Crippen LogP contribution in [0.3, 0.4) is 0 Å². The molecular weight excluding hydrogens is 262 g/mol. The second kappa shape index (κ2) is 7.70. The molecule has 0 heterocycles. The van der Waals surface area contributed by atoms with E-state index < -0.39 is 0 Å². The molecule has 0 aliphatic rings. The molecule has 112 valence electrons. The van der Waals surface area contributed by atoms with Crippen molar-refractivity contribution >= 4 is 0 Å². The molecule has 2 rings (SSSR count). The van der Waals surface area contributed by atoms with Crippen LogP contribution < -0.4 is 14.8 Å². The summed E-state index contributed by atoms with van der Waals surface area (Å²) in [6.45, 7) is 5.64. The van der Waals surface area contributed by atoms with Crippen molar-refractivity contribution in [2.24, 2.45) is 0 Å². The fraction of sp³-hybridized carbons (Fsp3) is 0.333. The molecule has 0 fully saturated rings. The van der Waals surface area contributed by atoms with Gasteiger partial charge < -0.3 is 14.8 Å². The van der Waals surface area contributed by atoms with Crippen LogP contribution in [0, 0.1) is 0 Å². The zero-order valence-corrected chi connectivity index (χ0v) is 12.9. The summed E-state index contributed by atoms with van der Waals surface area (Å²) in [5, 5.41) is 3.52. The van der Waals surface area contributed by atoms with Crippen molar-refractivity contribution in [1.29, 1.82) is 0 Å².